The van der Waals surface area contributed by atoms with Crippen LogP contribution in [0.1, 0.15) is 18.2 Å². The summed E-state index contributed by atoms with van der Waals surface area (Å²) in [6.07, 6.45) is 2.34. The lowest BCUT2D eigenvalue weighted by Crippen LogP contribution is -2.20. The molecule has 5 heteroatoms. The minimum absolute atomic E-state index is 0.0851. The zero-order valence-corrected chi connectivity index (χ0v) is 11.9. The van der Waals surface area contributed by atoms with Crippen LogP contribution in [0.3, 0.4) is 0 Å². The zero-order chi connectivity index (χ0) is 15.1. The number of ether oxygens (including phenoxy) is 1. The Morgan fingerprint density at radius 1 is 1.29 bits per heavy atom. The highest BCUT2D eigenvalue weighted by molar-refractivity contribution is 5.92. The third-order valence-electron chi connectivity index (χ3n) is 3.00. The first-order valence-corrected chi connectivity index (χ1v) is 6.79. The molecule has 0 fully saturated rings. The predicted molar refractivity (Wildman–Crippen MR) is 80.1 cm³/mol. The van der Waals surface area contributed by atoms with Gasteiger partial charge in [0.2, 0.25) is 0 Å². The van der Waals surface area contributed by atoms with Crippen molar-refractivity contribution in [1.82, 2.24) is 4.98 Å². The summed E-state index contributed by atoms with van der Waals surface area (Å²) in [4.78, 5) is 15.9. The summed E-state index contributed by atoms with van der Waals surface area (Å²) in [5, 5.41) is 11.7. The minimum atomic E-state index is -0.220. The number of nitrogens with one attached hydrogen (secondary N) is 1. The van der Waals surface area contributed by atoms with Crippen LogP contribution in [0, 0.1) is 0 Å². The summed E-state index contributed by atoms with van der Waals surface area (Å²) in [6.45, 7) is 1.84. The van der Waals surface area contributed by atoms with Gasteiger partial charge in [-0.15, -0.1) is 0 Å². The lowest BCUT2D eigenvalue weighted by molar-refractivity contribution is -0.118. The molecule has 0 aliphatic carbocycles. The molecule has 0 atom stereocenters. The normalized spacial score (nSPS) is 10.2. The van der Waals surface area contributed by atoms with Gasteiger partial charge in [-0.1, -0.05) is 25.1 Å². The number of rotatable bonds is 6. The molecule has 0 saturated heterocycles. The molecule has 1 aromatic carbocycles. The van der Waals surface area contributed by atoms with Gasteiger partial charge in [-0.3, -0.25) is 9.78 Å². The van der Waals surface area contributed by atoms with Crippen molar-refractivity contribution in [3.05, 3.63) is 53.9 Å². The van der Waals surface area contributed by atoms with Gasteiger partial charge in [-0.25, -0.2) is 0 Å². The fourth-order valence-electron chi connectivity index (χ4n) is 1.88. The van der Waals surface area contributed by atoms with Gasteiger partial charge in [0.1, 0.15) is 5.75 Å². The maximum absolute atomic E-state index is 11.9. The standard InChI is InChI=1S/C16H18N2O3/c1-2-12-5-3-4-6-15(12)18-16(20)11-21-14-8-7-13(10-19)17-9-14/h3-9,19H,2,10-11H2,1H3,(H,18,20). The number of hydrogen-bond donors (Lipinski definition) is 2. The fraction of sp³-hybridized carbons (Fsp3) is 0.250. The van der Waals surface area contributed by atoms with Gasteiger partial charge < -0.3 is 15.2 Å². The lowest BCUT2D eigenvalue weighted by Gasteiger charge is -2.10. The van der Waals surface area contributed by atoms with Crippen LogP contribution < -0.4 is 10.1 Å². The summed E-state index contributed by atoms with van der Waals surface area (Å²) >= 11 is 0. The molecule has 0 bridgehead atoms. The van der Waals surface area contributed by atoms with Crippen LogP contribution in [0.15, 0.2) is 42.6 Å². The highest BCUT2D eigenvalue weighted by Crippen LogP contribution is 2.15. The van der Waals surface area contributed by atoms with Crippen molar-refractivity contribution in [3.63, 3.8) is 0 Å². The fourth-order valence-corrected chi connectivity index (χ4v) is 1.88. The van der Waals surface area contributed by atoms with Gasteiger partial charge in [-0.05, 0) is 30.2 Å². The highest BCUT2D eigenvalue weighted by atomic mass is 16.5. The van der Waals surface area contributed by atoms with Crippen molar-refractivity contribution in [2.45, 2.75) is 20.0 Å². The molecule has 2 aromatic rings. The van der Waals surface area contributed by atoms with E-state index in [9.17, 15) is 4.79 Å². The topological polar surface area (TPSA) is 71.5 Å². The van der Waals surface area contributed by atoms with Gasteiger partial charge >= 0.3 is 0 Å². The average Bonchev–Trinajstić information content (AvgIpc) is 2.54. The van der Waals surface area contributed by atoms with Crippen molar-refractivity contribution >= 4 is 11.6 Å². The Balaban J connectivity index is 1.89. The van der Waals surface area contributed by atoms with E-state index in [2.05, 4.69) is 10.3 Å². The second kappa shape index (κ2) is 7.40. The summed E-state index contributed by atoms with van der Waals surface area (Å²) in [5.74, 6) is 0.272. The number of pyridine rings is 1. The van der Waals surface area contributed by atoms with E-state index in [4.69, 9.17) is 9.84 Å². The Bertz CT molecular complexity index is 597. The molecule has 0 saturated carbocycles. The molecule has 2 rings (SSSR count). The van der Waals surface area contributed by atoms with Gasteiger partial charge in [0, 0.05) is 5.69 Å². The van der Waals surface area contributed by atoms with Crippen molar-refractivity contribution in [3.8, 4) is 5.75 Å². The Kier molecular flexibility index (Phi) is 5.29. The van der Waals surface area contributed by atoms with Crippen LogP contribution in [0.25, 0.3) is 0 Å². The number of amides is 1. The number of hydrogen-bond acceptors (Lipinski definition) is 4. The molecule has 0 spiro atoms. The molecule has 21 heavy (non-hydrogen) atoms. The van der Waals surface area contributed by atoms with Gasteiger partial charge in [-0.2, -0.15) is 0 Å². The van der Waals surface area contributed by atoms with Gasteiger partial charge in [0.15, 0.2) is 6.61 Å². The molecule has 0 aliphatic heterocycles. The van der Waals surface area contributed by atoms with E-state index in [0.29, 0.717) is 11.4 Å². The largest absolute Gasteiger partial charge is 0.482 e. The molecule has 0 unspecified atom stereocenters. The maximum Gasteiger partial charge on any atom is 0.262 e. The van der Waals surface area contributed by atoms with Crippen LogP contribution in [-0.4, -0.2) is 22.6 Å². The first-order valence-electron chi connectivity index (χ1n) is 6.79. The van der Waals surface area contributed by atoms with Gasteiger partial charge in [0.25, 0.3) is 5.91 Å². The van der Waals surface area contributed by atoms with Crippen LogP contribution >= 0.6 is 0 Å². The van der Waals surface area contributed by atoms with E-state index in [0.717, 1.165) is 17.7 Å². The van der Waals surface area contributed by atoms with E-state index in [-0.39, 0.29) is 19.1 Å². The number of nitrogens with zero attached hydrogens (tertiary/aromatic N) is 1. The first-order chi connectivity index (χ1) is 10.2. The Hall–Kier alpha value is -2.40. The van der Waals surface area contributed by atoms with Crippen LogP contribution in [0.2, 0.25) is 0 Å². The van der Waals surface area contributed by atoms with E-state index in [1.807, 2.05) is 31.2 Å². The number of para-hydroxylation sites is 1. The predicted octanol–water partition coefficient (Wildman–Crippen LogP) is 2.15. The van der Waals surface area contributed by atoms with Crippen molar-refractivity contribution < 1.29 is 14.6 Å². The number of aliphatic hydroxyl groups excluding tert-OH is 1. The van der Waals surface area contributed by atoms with E-state index < -0.39 is 0 Å². The molecule has 1 aromatic heterocycles. The van der Waals surface area contributed by atoms with Crippen LogP contribution in [0.5, 0.6) is 5.75 Å². The summed E-state index contributed by atoms with van der Waals surface area (Å²) in [5.41, 5.74) is 2.45. The SMILES string of the molecule is CCc1ccccc1NC(=O)COc1ccc(CO)nc1. The molecule has 110 valence electrons. The number of carbonyl (C=O) groups is 1. The third kappa shape index (κ3) is 4.29. The van der Waals surface area contributed by atoms with E-state index in [1.54, 1.807) is 12.1 Å². The zero-order valence-electron chi connectivity index (χ0n) is 11.9. The van der Waals surface area contributed by atoms with Crippen LogP contribution in [-0.2, 0) is 17.8 Å². The Morgan fingerprint density at radius 2 is 2.10 bits per heavy atom. The summed E-state index contributed by atoms with van der Waals surface area (Å²) < 4.78 is 5.36. The smallest absolute Gasteiger partial charge is 0.262 e. The van der Waals surface area contributed by atoms with Crippen molar-refractivity contribution in [2.24, 2.45) is 0 Å². The quantitative estimate of drug-likeness (QED) is 0.853. The third-order valence-corrected chi connectivity index (χ3v) is 3.00. The number of aryl methyl sites for hydroxylation is 1. The summed E-state index contributed by atoms with van der Waals surface area (Å²) in [7, 11) is 0. The van der Waals surface area contributed by atoms with Gasteiger partial charge in [0.05, 0.1) is 18.5 Å². The van der Waals surface area contributed by atoms with E-state index in [1.165, 1.54) is 6.20 Å². The maximum atomic E-state index is 11.9. The number of anilines is 1. The van der Waals surface area contributed by atoms with Crippen LogP contribution in [0.4, 0.5) is 5.69 Å². The second-order valence-corrected chi connectivity index (χ2v) is 4.49. The molecule has 1 heterocycles. The summed E-state index contributed by atoms with van der Waals surface area (Å²) in [6, 6.07) is 11.0. The second-order valence-electron chi connectivity index (χ2n) is 4.49. The molecular formula is C16H18N2O3. The lowest BCUT2D eigenvalue weighted by atomic mass is 10.1. The first kappa shape index (κ1) is 15.0. The molecular weight excluding hydrogens is 268 g/mol. The Morgan fingerprint density at radius 3 is 2.76 bits per heavy atom. The molecule has 0 radical (unpaired) electrons. The van der Waals surface area contributed by atoms with Crippen molar-refractivity contribution in [2.75, 3.05) is 11.9 Å². The number of carbonyl (C=O) groups excluding carboxylic acids is 1. The number of aromatic nitrogens is 1. The molecule has 2 N–H and O–H groups in total. The average molecular weight is 286 g/mol. The monoisotopic (exact) mass is 286 g/mol. The number of aliphatic hydroxyl groups is 1. The van der Waals surface area contributed by atoms with E-state index >= 15 is 0 Å². The molecule has 5 nitrogen and oxygen atoms in total. The number of benzene rings is 1. The van der Waals surface area contributed by atoms with Crippen molar-refractivity contribution in [1.29, 1.82) is 0 Å². The Labute approximate surface area is 123 Å². The highest BCUT2D eigenvalue weighted by Gasteiger charge is 2.06. The molecule has 1 amide bonds. The minimum Gasteiger partial charge on any atom is -0.482 e. The molecule has 0 aliphatic rings.